The largest absolute Gasteiger partial charge is 0.478 e. The van der Waals surface area contributed by atoms with E-state index in [-0.39, 0.29) is 0 Å². The average Bonchev–Trinajstić information content (AvgIpc) is 2.29. The Balaban J connectivity index is 2.97. The van der Waals surface area contributed by atoms with E-state index in [0.717, 1.165) is 5.69 Å². The van der Waals surface area contributed by atoms with Crippen LogP contribution in [0.25, 0.3) is 0 Å². The molecule has 0 aliphatic carbocycles. The molecule has 1 aromatic heterocycles. The normalized spacial score (nSPS) is 14.7. The quantitative estimate of drug-likeness (QED) is 0.824. The van der Waals surface area contributed by atoms with E-state index >= 15 is 0 Å². The Labute approximate surface area is 104 Å². The molecule has 0 spiro atoms. The van der Waals surface area contributed by atoms with Crippen molar-refractivity contribution in [3.63, 3.8) is 0 Å². The first-order valence-electron chi connectivity index (χ1n) is 6.22. The van der Waals surface area contributed by atoms with E-state index in [4.69, 9.17) is 4.74 Å². The standard InChI is InChI=1S/C13H23N3O/c1-6-17-12-7-11(15-8-16-12)13(9(2)3)10(4)14-5/h7-10,13-14H,6H2,1-5H3. The summed E-state index contributed by atoms with van der Waals surface area (Å²) in [7, 11) is 1.98. The van der Waals surface area contributed by atoms with Crippen LogP contribution < -0.4 is 10.1 Å². The van der Waals surface area contributed by atoms with Gasteiger partial charge < -0.3 is 10.1 Å². The van der Waals surface area contributed by atoms with Gasteiger partial charge in [-0.1, -0.05) is 13.8 Å². The highest BCUT2D eigenvalue weighted by atomic mass is 16.5. The molecule has 0 fully saturated rings. The van der Waals surface area contributed by atoms with Crippen LogP contribution in [0.15, 0.2) is 12.4 Å². The lowest BCUT2D eigenvalue weighted by Crippen LogP contribution is -2.32. The fraction of sp³-hybridized carbons (Fsp3) is 0.692. The fourth-order valence-electron chi connectivity index (χ4n) is 2.12. The Bertz CT molecular complexity index is 341. The monoisotopic (exact) mass is 237 g/mol. The van der Waals surface area contributed by atoms with E-state index in [0.29, 0.717) is 30.4 Å². The summed E-state index contributed by atoms with van der Waals surface area (Å²) in [6, 6.07) is 2.32. The van der Waals surface area contributed by atoms with Crippen LogP contribution in [0.1, 0.15) is 39.3 Å². The fourth-order valence-corrected chi connectivity index (χ4v) is 2.12. The van der Waals surface area contributed by atoms with Gasteiger partial charge in [0.25, 0.3) is 0 Å². The zero-order chi connectivity index (χ0) is 12.8. The van der Waals surface area contributed by atoms with Crippen LogP contribution in [-0.2, 0) is 0 Å². The van der Waals surface area contributed by atoms with Crippen molar-refractivity contribution >= 4 is 0 Å². The van der Waals surface area contributed by atoms with E-state index in [1.807, 2.05) is 20.0 Å². The van der Waals surface area contributed by atoms with Crippen molar-refractivity contribution in [2.24, 2.45) is 5.92 Å². The van der Waals surface area contributed by atoms with Gasteiger partial charge in [-0.25, -0.2) is 9.97 Å². The van der Waals surface area contributed by atoms with Gasteiger partial charge in [0.05, 0.1) is 12.3 Å². The highest BCUT2D eigenvalue weighted by Gasteiger charge is 2.23. The number of hydrogen-bond donors (Lipinski definition) is 1. The number of nitrogens with one attached hydrogen (secondary N) is 1. The number of rotatable bonds is 6. The van der Waals surface area contributed by atoms with Gasteiger partial charge in [-0.3, -0.25) is 0 Å². The van der Waals surface area contributed by atoms with Crippen LogP contribution in [0.5, 0.6) is 5.88 Å². The summed E-state index contributed by atoms with van der Waals surface area (Å²) in [5.41, 5.74) is 1.04. The molecule has 2 unspecified atom stereocenters. The Hall–Kier alpha value is -1.16. The second kappa shape index (κ2) is 6.55. The van der Waals surface area contributed by atoms with E-state index < -0.39 is 0 Å². The molecule has 2 atom stereocenters. The summed E-state index contributed by atoms with van der Waals surface area (Å²) < 4.78 is 5.42. The third kappa shape index (κ3) is 3.66. The molecule has 1 rings (SSSR count). The topological polar surface area (TPSA) is 47.0 Å². The Morgan fingerprint density at radius 2 is 2.00 bits per heavy atom. The molecule has 0 saturated heterocycles. The molecule has 4 nitrogen and oxygen atoms in total. The summed E-state index contributed by atoms with van der Waals surface area (Å²) in [6.45, 7) is 9.18. The van der Waals surface area contributed by atoms with E-state index in [9.17, 15) is 0 Å². The van der Waals surface area contributed by atoms with Gasteiger partial charge in [-0.15, -0.1) is 0 Å². The van der Waals surface area contributed by atoms with Gasteiger partial charge in [0.2, 0.25) is 5.88 Å². The molecule has 0 aromatic carbocycles. The van der Waals surface area contributed by atoms with Crippen LogP contribution in [0.4, 0.5) is 0 Å². The molecule has 0 saturated carbocycles. The zero-order valence-electron chi connectivity index (χ0n) is 11.4. The number of likely N-dealkylation sites (N-methyl/N-ethyl adjacent to an activating group) is 1. The van der Waals surface area contributed by atoms with Crippen molar-refractivity contribution in [3.8, 4) is 5.88 Å². The van der Waals surface area contributed by atoms with Crippen LogP contribution in [0, 0.1) is 5.92 Å². The molecule has 1 N–H and O–H groups in total. The van der Waals surface area contributed by atoms with Gasteiger partial charge in [0.1, 0.15) is 6.33 Å². The first kappa shape index (κ1) is 13.9. The van der Waals surface area contributed by atoms with Gasteiger partial charge >= 0.3 is 0 Å². The van der Waals surface area contributed by atoms with E-state index in [1.54, 1.807) is 6.33 Å². The smallest absolute Gasteiger partial charge is 0.216 e. The average molecular weight is 237 g/mol. The van der Waals surface area contributed by atoms with Crippen molar-refractivity contribution < 1.29 is 4.74 Å². The first-order valence-corrected chi connectivity index (χ1v) is 6.22. The lowest BCUT2D eigenvalue weighted by atomic mass is 9.86. The van der Waals surface area contributed by atoms with Crippen LogP contribution >= 0.6 is 0 Å². The SMILES string of the molecule is CCOc1cc(C(C(C)C)C(C)NC)ncn1. The van der Waals surface area contributed by atoms with Gasteiger partial charge in [0.15, 0.2) is 0 Å². The van der Waals surface area contributed by atoms with Gasteiger partial charge in [0, 0.05) is 18.0 Å². The minimum absolute atomic E-state index is 0.363. The molecule has 0 aliphatic heterocycles. The van der Waals surface area contributed by atoms with Crippen molar-refractivity contribution in [1.29, 1.82) is 0 Å². The second-order valence-electron chi connectivity index (χ2n) is 4.56. The minimum Gasteiger partial charge on any atom is -0.478 e. The van der Waals surface area contributed by atoms with Crippen molar-refractivity contribution in [2.45, 2.75) is 39.7 Å². The first-order chi connectivity index (χ1) is 8.10. The lowest BCUT2D eigenvalue weighted by molar-refractivity contribution is 0.322. The molecule has 0 bridgehead atoms. The van der Waals surface area contributed by atoms with Gasteiger partial charge in [-0.2, -0.15) is 0 Å². The Morgan fingerprint density at radius 1 is 1.29 bits per heavy atom. The van der Waals surface area contributed by atoms with E-state index in [1.165, 1.54) is 0 Å². The van der Waals surface area contributed by atoms with Crippen LogP contribution in [0.3, 0.4) is 0 Å². The molecular weight excluding hydrogens is 214 g/mol. The molecule has 17 heavy (non-hydrogen) atoms. The summed E-state index contributed by atoms with van der Waals surface area (Å²) >= 11 is 0. The van der Waals surface area contributed by atoms with Crippen molar-refractivity contribution in [2.75, 3.05) is 13.7 Å². The second-order valence-corrected chi connectivity index (χ2v) is 4.56. The third-order valence-electron chi connectivity index (χ3n) is 3.01. The molecule has 1 heterocycles. The Morgan fingerprint density at radius 3 is 2.53 bits per heavy atom. The molecule has 0 aliphatic rings. The highest BCUT2D eigenvalue weighted by Crippen LogP contribution is 2.27. The number of nitrogens with zero attached hydrogens (tertiary/aromatic N) is 2. The maximum absolute atomic E-state index is 5.42. The molecular formula is C13H23N3O. The van der Waals surface area contributed by atoms with E-state index in [2.05, 4.69) is 36.1 Å². The van der Waals surface area contributed by atoms with Crippen molar-refractivity contribution in [1.82, 2.24) is 15.3 Å². The number of aromatic nitrogens is 2. The van der Waals surface area contributed by atoms with Crippen molar-refractivity contribution in [3.05, 3.63) is 18.1 Å². The maximum atomic E-state index is 5.42. The van der Waals surface area contributed by atoms with Crippen LogP contribution in [-0.4, -0.2) is 29.7 Å². The predicted molar refractivity (Wildman–Crippen MR) is 69.3 cm³/mol. The Kier molecular flexibility index (Phi) is 5.35. The van der Waals surface area contributed by atoms with Gasteiger partial charge in [-0.05, 0) is 26.8 Å². The molecule has 0 amide bonds. The summed E-state index contributed by atoms with van der Waals surface area (Å²) in [5.74, 6) is 1.54. The predicted octanol–water partition coefficient (Wildman–Crippen LogP) is 2.22. The summed E-state index contributed by atoms with van der Waals surface area (Å²) in [5, 5.41) is 3.30. The molecule has 1 aromatic rings. The number of ether oxygens (including phenoxy) is 1. The molecule has 4 heteroatoms. The number of hydrogen-bond acceptors (Lipinski definition) is 4. The minimum atomic E-state index is 0.363. The lowest BCUT2D eigenvalue weighted by Gasteiger charge is -2.26. The zero-order valence-corrected chi connectivity index (χ0v) is 11.4. The third-order valence-corrected chi connectivity index (χ3v) is 3.01. The summed E-state index contributed by atoms with van der Waals surface area (Å²) in [6.07, 6.45) is 1.58. The maximum Gasteiger partial charge on any atom is 0.216 e. The highest BCUT2D eigenvalue weighted by molar-refractivity contribution is 5.19. The van der Waals surface area contributed by atoms with Crippen LogP contribution in [0.2, 0.25) is 0 Å². The molecule has 96 valence electrons. The summed E-state index contributed by atoms with van der Waals surface area (Å²) in [4.78, 5) is 8.48. The molecule has 0 radical (unpaired) electrons.